The van der Waals surface area contributed by atoms with Crippen LogP contribution in [0.5, 0.6) is 0 Å². The van der Waals surface area contributed by atoms with E-state index in [0.29, 0.717) is 5.82 Å². The van der Waals surface area contributed by atoms with Crippen LogP contribution in [0.15, 0.2) is 12.4 Å². The van der Waals surface area contributed by atoms with E-state index in [1.807, 2.05) is 20.8 Å². The maximum Gasteiger partial charge on any atom is 0.354 e. The number of aromatic carboxylic acids is 1. The SMILES string of the molecule is CC(C)(C)Nc1cc(C(=O)O)nc2ncnn12. The standard InChI is InChI=1S/C10H13N5O2/c1-10(2,3)14-7-4-6(8(16)17)13-9-11-5-12-15(7)9/h4-5,14H,1-3H3,(H,16,17). The molecule has 0 amide bonds. The zero-order valence-electron chi connectivity index (χ0n) is 9.80. The van der Waals surface area contributed by atoms with Crippen LogP contribution in [0.3, 0.4) is 0 Å². The Labute approximate surface area is 97.5 Å². The van der Waals surface area contributed by atoms with E-state index in [2.05, 4.69) is 20.4 Å². The largest absolute Gasteiger partial charge is 0.477 e. The Morgan fingerprint density at radius 2 is 2.18 bits per heavy atom. The molecule has 7 heteroatoms. The van der Waals surface area contributed by atoms with Gasteiger partial charge in [0.25, 0.3) is 5.78 Å². The van der Waals surface area contributed by atoms with Gasteiger partial charge in [-0.2, -0.15) is 14.6 Å². The second-order valence-corrected chi connectivity index (χ2v) is 4.68. The highest BCUT2D eigenvalue weighted by Gasteiger charge is 2.16. The van der Waals surface area contributed by atoms with E-state index >= 15 is 0 Å². The number of carbonyl (C=O) groups is 1. The number of nitrogens with one attached hydrogen (secondary N) is 1. The minimum atomic E-state index is -1.09. The molecule has 7 nitrogen and oxygen atoms in total. The first-order valence-corrected chi connectivity index (χ1v) is 5.09. The first-order chi connectivity index (χ1) is 7.87. The van der Waals surface area contributed by atoms with Crippen molar-refractivity contribution in [3.05, 3.63) is 18.1 Å². The topological polar surface area (TPSA) is 92.4 Å². The molecule has 0 bridgehead atoms. The van der Waals surface area contributed by atoms with Crippen molar-refractivity contribution in [2.75, 3.05) is 5.32 Å². The molecular weight excluding hydrogens is 222 g/mol. The number of hydrogen-bond donors (Lipinski definition) is 2. The highest BCUT2D eigenvalue weighted by atomic mass is 16.4. The zero-order valence-corrected chi connectivity index (χ0v) is 9.80. The van der Waals surface area contributed by atoms with Crippen molar-refractivity contribution in [1.29, 1.82) is 0 Å². The molecule has 2 aromatic heterocycles. The summed E-state index contributed by atoms with van der Waals surface area (Å²) in [5.74, 6) is -0.276. The Morgan fingerprint density at radius 1 is 1.47 bits per heavy atom. The van der Waals surface area contributed by atoms with Crippen LogP contribution in [0.25, 0.3) is 5.78 Å². The third-order valence-electron chi connectivity index (χ3n) is 1.97. The fourth-order valence-electron chi connectivity index (χ4n) is 1.40. The van der Waals surface area contributed by atoms with Crippen LogP contribution in [0.4, 0.5) is 5.82 Å². The van der Waals surface area contributed by atoms with Crippen LogP contribution in [-0.2, 0) is 0 Å². The van der Waals surface area contributed by atoms with Gasteiger partial charge in [0.2, 0.25) is 0 Å². The number of hydrogen-bond acceptors (Lipinski definition) is 5. The average Bonchev–Trinajstić information content (AvgIpc) is 2.62. The molecule has 0 radical (unpaired) electrons. The summed E-state index contributed by atoms with van der Waals surface area (Å²) in [5, 5.41) is 16.1. The Kier molecular flexibility index (Phi) is 2.45. The van der Waals surface area contributed by atoms with Gasteiger partial charge < -0.3 is 10.4 Å². The Hall–Kier alpha value is -2.18. The van der Waals surface area contributed by atoms with Gasteiger partial charge >= 0.3 is 5.97 Å². The maximum absolute atomic E-state index is 10.9. The van der Waals surface area contributed by atoms with Crippen LogP contribution >= 0.6 is 0 Å². The van der Waals surface area contributed by atoms with E-state index in [-0.39, 0.29) is 17.0 Å². The number of fused-ring (bicyclic) bond motifs is 1. The van der Waals surface area contributed by atoms with Gasteiger partial charge in [0.05, 0.1) is 0 Å². The quantitative estimate of drug-likeness (QED) is 0.807. The normalized spacial score (nSPS) is 11.7. The molecule has 17 heavy (non-hydrogen) atoms. The lowest BCUT2D eigenvalue weighted by Gasteiger charge is -2.22. The van der Waals surface area contributed by atoms with Gasteiger partial charge in [0.1, 0.15) is 12.1 Å². The third-order valence-corrected chi connectivity index (χ3v) is 1.97. The molecule has 0 atom stereocenters. The second-order valence-electron chi connectivity index (χ2n) is 4.68. The first-order valence-electron chi connectivity index (χ1n) is 5.09. The van der Waals surface area contributed by atoms with Gasteiger partial charge in [-0.25, -0.2) is 9.78 Å². The molecule has 0 spiro atoms. The lowest BCUT2D eigenvalue weighted by Crippen LogP contribution is -2.28. The van der Waals surface area contributed by atoms with Crippen molar-refractivity contribution >= 4 is 17.6 Å². The fourth-order valence-corrected chi connectivity index (χ4v) is 1.40. The lowest BCUT2D eigenvalue weighted by molar-refractivity contribution is 0.0690. The van der Waals surface area contributed by atoms with E-state index in [1.54, 1.807) is 0 Å². The van der Waals surface area contributed by atoms with Crippen molar-refractivity contribution in [3.63, 3.8) is 0 Å². The highest BCUT2D eigenvalue weighted by molar-refractivity contribution is 5.86. The number of rotatable bonds is 2. The van der Waals surface area contributed by atoms with E-state index in [0.717, 1.165) is 0 Å². The Balaban J connectivity index is 2.58. The van der Waals surface area contributed by atoms with Gasteiger partial charge in [-0.1, -0.05) is 0 Å². The summed E-state index contributed by atoms with van der Waals surface area (Å²) in [6.45, 7) is 5.91. The fraction of sp³-hybridized carbons (Fsp3) is 0.400. The van der Waals surface area contributed by atoms with E-state index in [4.69, 9.17) is 5.11 Å². The summed E-state index contributed by atoms with van der Waals surface area (Å²) in [4.78, 5) is 18.7. The number of anilines is 1. The average molecular weight is 235 g/mol. The number of nitrogens with zero attached hydrogens (tertiary/aromatic N) is 4. The van der Waals surface area contributed by atoms with E-state index in [9.17, 15) is 4.79 Å². The molecule has 0 saturated carbocycles. The number of carboxylic acid groups (broad SMARTS) is 1. The van der Waals surface area contributed by atoms with Gasteiger partial charge in [-0.15, -0.1) is 0 Å². The van der Waals surface area contributed by atoms with Crippen LogP contribution in [0.1, 0.15) is 31.3 Å². The van der Waals surface area contributed by atoms with Gasteiger partial charge in [0.15, 0.2) is 5.69 Å². The van der Waals surface area contributed by atoms with E-state index in [1.165, 1.54) is 16.9 Å². The maximum atomic E-state index is 10.9. The van der Waals surface area contributed by atoms with Crippen molar-refractivity contribution < 1.29 is 9.90 Å². The minimum Gasteiger partial charge on any atom is -0.477 e. The molecule has 0 aliphatic heterocycles. The van der Waals surface area contributed by atoms with Crippen LogP contribution in [0.2, 0.25) is 0 Å². The van der Waals surface area contributed by atoms with Crippen molar-refractivity contribution in [2.45, 2.75) is 26.3 Å². The van der Waals surface area contributed by atoms with Gasteiger partial charge in [0, 0.05) is 11.6 Å². The molecule has 0 aliphatic carbocycles. The molecular formula is C10H13N5O2. The molecule has 0 unspecified atom stereocenters. The molecule has 90 valence electrons. The second kappa shape index (κ2) is 3.69. The zero-order chi connectivity index (χ0) is 12.6. The molecule has 0 aliphatic rings. The van der Waals surface area contributed by atoms with Crippen molar-refractivity contribution in [3.8, 4) is 0 Å². The first kappa shape index (κ1) is 11.3. The van der Waals surface area contributed by atoms with Crippen LogP contribution in [0, 0.1) is 0 Å². The van der Waals surface area contributed by atoms with Crippen LogP contribution < -0.4 is 5.32 Å². The van der Waals surface area contributed by atoms with Crippen molar-refractivity contribution in [2.24, 2.45) is 0 Å². The summed E-state index contributed by atoms with van der Waals surface area (Å²) in [6, 6.07) is 1.44. The Bertz CT molecular complexity index is 570. The van der Waals surface area contributed by atoms with Gasteiger partial charge in [-0.05, 0) is 20.8 Å². The van der Waals surface area contributed by atoms with Crippen molar-refractivity contribution in [1.82, 2.24) is 19.6 Å². The molecule has 2 aromatic rings. The monoisotopic (exact) mass is 235 g/mol. The Morgan fingerprint density at radius 3 is 2.76 bits per heavy atom. The smallest absolute Gasteiger partial charge is 0.354 e. The lowest BCUT2D eigenvalue weighted by atomic mass is 10.1. The molecule has 0 saturated heterocycles. The molecule has 2 heterocycles. The van der Waals surface area contributed by atoms with Crippen LogP contribution in [-0.4, -0.2) is 36.2 Å². The minimum absolute atomic E-state index is 0.0581. The number of carboxylic acids is 1. The molecule has 0 aromatic carbocycles. The molecule has 0 fully saturated rings. The summed E-state index contributed by atoms with van der Waals surface area (Å²) in [7, 11) is 0. The summed E-state index contributed by atoms with van der Waals surface area (Å²) >= 11 is 0. The summed E-state index contributed by atoms with van der Waals surface area (Å²) < 4.78 is 1.47. The number of aromatic nitrogens is 4. The predicted octanol–water partition coefficient (Wildman–Crippen LogP) is 1.03. The highest BCUT2D eigenvalue weighted by Crippen LogP contribution is 2.16. The molecule has 2 N–H and O–H groups in total. The predicted molar refractivity (Wildman–Crippen MR) is 61.1 cm³/mol. The van der Waals surface area contributed by atoms with E-state index < -0.39 is 5.97 Å². The molecule has 2 rings (SSSR count). The third kappa shape index (κ3) is 2.32. The summed E-state index contributed by atoms with van der Waals surface area (Å²) in [5.41, 5.74) is -0.270. The summed E-state index contributed by atoms with van der Waals surface area (Å²) in [6.07, 6.45) is 1.34. The van der Waals surface area contributed by atoms with Gasteiger partial charge in [-0.3, -0.25) is 0 Å².